The maximum Gasteiger partial charge on any atom is 0.253 e. The van der Waals surface area contributed by atoms with Crippen molar-refractivity contribution in [3.05, 3.63) is 72.1 Å². The van der Waals surface area contributed by atoms with E-state index < -0.39 is 9.84 Å². The molecular formula is C23H20N2O5S2. The summed E-state index contributed by atoms with van der Waals surface area (Å²) >= 11 is 1.33. The molecule has 0 radical (unpaired) electrons. The predicted molar refractivity (Wildman–Crippen MR) is 125 cm³/mol. The number of hydrogen-bond acceptors (Lipinski definition) is 7. The summed E-state index contributed by atoms with van der Waals surface area (Å²) in [7, 11) is -3.27. The predicted octanol–water partition coefficient (Wildman–Crippen LogP) is 4.17. The molecule has 2 aromatic carbocycles. The summed E-state index contributed by atoms with van der Waals surface area (Å²) in [4.78, 5) is 19.2. The summed E-state index contributed by atoms with van der Waals surface area (Å²) in [5, 5.41) is 2.35. The van der Waals surface area contributed by atoms with Crippen molar-refractivity contribution in [2.75, 3.05) is 24.5 Å². The molecule has 1 aliphatic rings. The number of anilines is 1. The number of ether oxygens (including phenoxy) is 2. The first-order valence-corrected chi connectivity index (χ1v) is 12.4. The standard InChI is InChI=1S/C23H20N2O5S2/c1-3-12-25(22(26)11-5-16-4-10-20-21(13-16)30-15-29-20)23-24-19(14-31-23)17-6-8-18(9-7-17)32(2,27)28/h3-11,13-14H,1,12,15H2,2H3. The molecule has 32 heavy (non-hydrogen) atoms. The minimum atomic E-state index is -3.27. The van der Waals surface area contributed by atoms with Gasteiger partial charge in [-0.3, -0.25) is 9.69 Å². The molecule has 0 atom stereocenters. The Labute approximate surface area is 190 Å². The monoisotopic (exact) mass is 468 g/mol. The fourth-order valence-electron chi connectivity index (χ4n) is 3.06. The van der Waals surface area contributed by atoms with Crippen LogP contribution in [-0.4, -0.2) is 38.9 Å². The third-order valence-electron chi connectivity index (χ3n) is 4.69. The summed E-state index contributed by atoms with van der Waals surface area (Å²) < 4.78 is 34.0. The van der Waals surface area contributed by atoms with E-state index in [-0.39, 0.29) is 17.6 Å². The van der Waals surface area contributed by atoms with Gasteiger partial charge in [-0.05, 0) is 35.9 Å². The van der Waals surface area contributed by atoms with E-state index in [2.05, 4.69) is 11.6 Å². The second kappa shape index (κ2) is 8.97. The Morgan fingerprint density at radius 1 is 1.19 bits per heavy atom. The van der Waals surface area contributed by atoms with E-state index in [0.29, 0.717) is 28.9 Å². The number of thiazole rings is 1. The average Bonchev–Trinajstić information content (AvgIpc) is 3.44. The summed E-state index contributed by atoms with van der Waals surface area (Å²) in [6.45, 7) is 4.22. The van der Waals surface area contributed by atoms with Crippen molar-refractivity contribution in [1.29, 1.82) is 0 Å². The van der Waals surface area contributed by atoms with Crippen LogP contribution in [0.25, 0.3) is 17.3 Å². The van der Waals surface area contributed by atoms with Crippen LogP contribution in [0.5, 0.6) is 11.5 Å². The van der Waals surface area contributed by atoms with Crippen molar-refractivity contribution >= 4 is 38.3 Å². The summed E-state index contributed by atoms with van der Waals surface area (Å²) in [5.41, 5.74) is 2.24. The second-order valence-electron chi connectivity index (χ2n) is 7.00. The molecule has 0 saturated heterocycles. The maximum atomic E-state index is 12.9. The molecule has 1 aliphatic heterocycles. The van der Waals surface area contributed by atoms with Crippen LogP contribution in [0.15, 0.2) is 71.5 Å². The number of benzene rings is 2. The topological polar surface area (TPSA) is 85.8 Å². The minimum Gasteiger partial charge on any atom is -0.454 e. The Morgan fingerprint density at radius 2 is 1.94 bits per heavy atom. The lowest BCUT2D eigenvalue weighted by atomic mass is 10.2. The lowest BCUT2D eigenvalue weighted by Crippen LogP contribution is -2.29. The zero-order valence-corrected chi connectivity index (χ0v) is 18.9. The Balaban J connectivity index is 1.53. The van der Waals surface area contributed by atoms with Gasteiger partial charge in [-0.2, -0.15) is 0 Å². The van der Waals surface area contributed by atoms with E-state index in [9.17, 15) is 13.2 Å². The van der Waals surface area contributed by atoms with Crippen molar-refractivity contribution in [1.82, 2.24) is 4.98 Å². The van der Waals surface area contributed by atoms with E-state index in [1.165, 1.54) is 28.6 Å². The van der Waals surface area contributed by atoms with Crippen LogP contribution in [0.1, 0.15) is 5.56 Å². The van der Waals surface area contributed by atoms with Gasteiger partial charge in [0.1, 0.15) is 0 Å². The number of carbonyl (C=O) groups excluding carboxylic acids is 1. The highest BCUT2D eigenvalue weighted by atomic mass is 32.2. The lowest BCUT2D eigenvalue weighted by Gasteiger charge is -2.15. The van der Waals surface area contributed by atoms with Crippen LogP contribution in [0.2, 0.25) is 0 Å². The highest BCUT2D eigenvalue weighted by molar-refractivity contribution is 7.90. The largest absolute Gasteiger partial charge is 0.454 e. The van der Waals surface area contributed by atoms with Gasteiger partial charge in [-0.15, -0.1) is 17.9 Å². The number of nitrogens with zero attached hydrogens (tertiary/aromatic N) is 2. The van der Waals surface area contributed by atoms with Gasteiger partial charge in [0.15, 0.2) is 26.5 Å². The van der Waals surface area contributed by atoms with E-state index in [1.807, 2.05) is 17.5 Å². The molecular weight excluding hydrogens is 448 g/mol. The quantitative estimate of drug-likeness (QED) is 0.382. The van der Waals surface area contributed by atoms with E-state index in [1.54, 1.807) is 42.5 Å². The molecule has 0 spiro atoms. The van der Waals surface area contributed by atoms with Crippen molar-refractivity contribution in [3.8, 4) is 22.8 Å². The summed E-state index contributed by atoms with van der Waals surface area (Å²) in [6, 6.07) is 12.0. The zero-order valence-electron chi connectivity index (χ0n) is 17.2. The van der Waals surface area contributed by atoms with Gasteiger partial charge < -0.3 is 9.47 Å². The average molecular weight is 469 g/mol. The molecule has 0 saturated carbocycles. The molecule has 3 aromatic rings. The van der Waals surface area contributed by atoms with Gasteiger partial charge in [0.25, 0.3) is 5.91 Å². The number of carbonyl (C=O) groups is 1. The first kappa shape index (κ1) is 21.8. The smallest absolute Gasteiger partial charge is 0.253 e. The zero-order chi connectivity index (χ0) is 22.7. The van der Waals surface area contributed by atoms with Gasteiger partial charge >= 0.3 is 0 Å². The van der Waals surface area contributed by atoms with Crippen molar-refractivity contribution in [2.24, 2.45) is 0 Å². The van der Waals surface area contributed by atoms with Crippen LogP contribution >= 0.6 is 11.3 Å². The number of sulfone groups is 1. The molecule has 1 amide bonds. The Hall–Kier alpha value is -3.43. The molecule has 0 N–H and O–H groups in total. The normalized spacial score (nSPS) is 12.8. The van der Waals surface area contributed by atoms with E-state index in [4.69, 9.17) is 9.47 Å². The SMILES string of the molecule is C=CCN(C(=O)C=Cc1ccc2c(c1)OCO2)c1nc(-c2ccc(S(C)(=O)=O)cc2)cs1. The van der Waals surface area contributed by atoms with Gasteiger partial charge in [-0.25, -0.2) is 13.4 Å². The van der Waals surface area contributed by atoms with Crippen molar-refractivity contribution in [3.63, 3.8) is 0 Å². The molecule has 7 nitrogen and oxygen atoms in total. The third-order valence-corrected chi connectivity index (χ3v) is 6.69. The van der Waals surface area contributed by atoms with Crippen molar-refractivity contribution in [2.45, 2.75) is 4.90 Å². The van der Waals surface area contributed by atoms with E-state index in [0.717, 1.165) is 11.1 Å². The molecule has 9 heteroatoms. The first-order valence-electron chi connectivity index (χ1n) is 9.61. The maximum absolute atomic E-state index is 12.9. The Kier molecular flexibility index (Phi) is 6.11. The van der Waals surface area contributed by atoms with E-state index >= 15 is 0 Å². The highest BCUT2D eigenvalue weighted by Gasteiger charge is 2.17. The molecule has 0 fully saturated rings. The van der Waals surface area contributed by atoms with Crippen LogP contribution in [0.3, 0.4) is 0 Å². The van der Waals surface area contributed by atoms with Crippen LogP contribution in [0, 0.1) is 0 Å². The Morgan fingerprint density at radius 3 is 2.66 bits per heavy atom. The first-order chi connectivity index (χ1) is 15.3. The summed E-state index contributed by atoms with van der Waals surface area (Å²) in [6.07, 6.45) is 5.98. The number of hydrogen-bond donors (Lipinski definition) is 0. The fourth-order valence-corrected chi connectivity index (χ4v) is 4.54. The number of fused-ring (bicyclic) bond motifs is 1. The number of rotatable bonds is 7. The molecule has 0 aliphatic carbocycles. The summed E-state index contributed by atoms with van der Waals surface area (Å²) in [5.74, 6) is 1.09. The van der Waals surface area contributed by atoms with Gasteiger partial charge in [0.2, 0.25) is 6.79 Å². The number of aromatic nitrogens is 1. The molecule has 1 aromatic heterocycles. The second-order valence-corrected chi connectivity index (χ2v) is 9.85. The molecule has 2 heterocycles. The molecule has 0 unspecified atom stereocenters. The van der Waals surface area contributed by atoms with Gasteiger partial charge in [0, 0.05) is 29.8 Å². The highest BCUT2D eigenvalue weighted by Crippen LogP contribution is 2.33. The third kappa shape index (κ3) is 4.74. The molecule has 4 rings (SSSR count). The lowest BCUT2D eigenvalue weighted by molar-refractivity contribution is -0.114. The molecule has 0 bridgehead atoms. The van der Waals surface area contributed by atoms with Crippen LogP contribution < -0.4 is 14.4 Å². The van der Waals surface area contributed by atoms with Gasteiger partial charge in [-0.1, -0.05) is 24.3 Å². The fraction of sp³-hybridized carbons (Fsp3) is 0.130. The molecule has 164 valence electrons. The van der Waals surface area contributed by atoms with Crippen molar-refractivity contribution < 1.29 is 22.7 Å². The minimum absolute atomic E-state index is 0.192. The van der Waals surface area contributed by atoms with Gasteiger partial charge in [0.05, 0.1) is 10.6 Å². The van der Waals surface area contributed by atoms with Crippen LogP contribution in [-0.2, 0) is 14.6 Å². The van der Waals surface area contributed by atoms with Crippen LogP contribution in [0.4, 0.5) is 5.13 Å². The number of amides is 1. The Bertz CT molecular complexity index is 1290.